The smallest absolute Gasteiger partial charge is 0.258 e. The van der Waals surface area contributed by atoms with E-state index in [1.54, 1.807) is 4.68 Å². The third-order valence-electron chi connectivity index (χ3n) is 6.22. The fourth-order valence-corrected chi connectivity index (χ4v) is 4.78. The molecule has 1 aliphatic rings. The average molecular weight is 460 g/mol. The van der Waals surface area contributed by atoms with Crippen molar-refractivity contribution in [2.24, 2.45) is 0 Å². The van der Waals surface area contributed by atoms with E-state index >= 15 is 0 Å². The van der Waals surface area contributed by atoms with Gasteiger partial charge < -0.3 is 4.90 Å². The summed E-state index contributed by atoms with van der Waals surface area (Å²) in [6.45, 7) is 6.16. The van der Waals surface area contributed by atoms with Gasteiger partial charge in [-0.15, -0.1) is 0 Å². The zero-order valence-corrected chi connectivity index (χ0v) is 19.4. The Morgan fingerprint density at radius 2 is 1.70 bits per heavy atom. The molecule has 168 valence electrons. The Hall–Kier alpha value is -3.22. The van der Waals surface area contributed by atoms with Crippen molar-refractivity contribution in [3.8, 4) is 0 Å². The number of carbonyl (C=O) groups is 1. The molecule has 0 bridgehead atoms. The average Bonchev–Trinajstić information content (AvgIpc) is 3.12. The van der Waals surface area contributed by atoms with Crippen LogP contribution in [0.4, 0.5) is 0 Å². The zero-order valence-electron chi connectivity index (χ0n) is 18.6. The summed E-state index contributed by atoms with van der Waals surface area (Å²) in [5.74, 6) is -0.0386. The van der Waals surface area contributed by atoms with Gasteiger partial charge in [-0.05, 0) is 24.1 Å². The van der Waals surface area contributed by atoms with Crippen molar-refractivity contribution in [2.75, 3.05) is 26.2 Å². The van der Waals surface area contributed by atoms with Gasteiger partial charge in [-0.3, -0.25) is 14.7 Å². The predicted molar refractivity (Wildman–Crippen MR) is 130 cm³/mol. The number of hydrogen-bond acceptors (Lipinski definition) is 4. The molecule has 33 heavy (non-hydrogen) atoms. The standard InChI is InChI=1S/C26H26ClN5O/c1-19-23(25(27)32(29-19)17-20-7-3-2-4-8-20)26(33)31-15-13-30(14-16-31)18-22-10-5-9-21-11-6-12-28-24(21)22/h2-12H,13-18H2,1H3. The van der Waals surface area contributed by atoms with Gasteiger partial charge in [-0.1, -0.05) is 66.2 Å². The van der Waals surface area contributed by atoms with Gasteiger partial charge in [0, 0.05) is 44.3 Å². The third kappa shape index (κ3) is 4.49. The van der Waals surface area contributed by atoms with Crippen molar-refractivity contribution in [3.05, 3.63) is 94.4 Å². The fraction of sp³-hybridized carbons (Fsp3) is 0.269. The first-order valence-electron chi connectivity index (χ1n) is 11.2. The maximum atomic E-state index is 13.3. The number of carbonyl (C=O) groups excluding carboxylic acids is 1. The van der Waals surface area contributed by atoms with Crippen LogP contribution >= 0.6 is 11.6 Å². The van der Waals surface area contributed by atoms with E-state index in [0.29, 0.717) is 36.0 Å². The van der Waals surface area contributed by atoms with Crippen LogP contribution in [0.1, 0.15) is 27.2 Å². The summed E-state index contributed by atoms with van der Waals surface area (Å²) in [7, 11) is 0. The third-order valence-corrected chi connectivity index (χ3v) is 6.61. The predicted octanol–water partition coefficient (Wildman–Crippen LogP) is 4.40. The Kier molecular flexibility index (Phi) is 6.11. The monoisotopic (exact) mass is 459 g/mol. The number of para-hydroxylation sites is 1. The molecule has 1 fully saturated rings. The molecule has 2 aromatic heterocycles. The number of pyridine rings is 1. The van der Waals surface area contributed by atoms with Crippen molar-refractivity contribution in [1.82, 2.24) is 24.6 Å². The Morgan fingerprint density at radius 3 is 2.48 bits per heavy atom. The Balaban J connectivity index is 1.25. The summed E-state index contributed by atoms with van der Waals surface area (Å²) in [5, 5.41) is 6.10. The van der Waals surface area contributed by atoms with Gasteiger partial charge in [0.1, 0.15) is 5.15 Å². The molecule has 0 atom stereocenters. The van der Waals surface area contributed by atoms with E-state index in [2.05, 4.69) is 39.2 Å². The first kappa shape index (κ1) is 21.6. The number of fused-ring (bicyclic) bond motifs is 1. The minimum atomic E-state index is -0.0386. The topological polar surface area (TPSA) is 54.3 Å². The van der Waals surface area contributed by atoms with E-state index in [9.17, 15) is 4.79 Å². The molecular weight excluding hydrogens is 434 g/mol. The van der Waals surface area contributed by atoms with Crippen LogP contribution in [0.25, 0.3) is 10.9 Å². The maximum absolute atomic E-state index is 13.3. The molecule has 2 aromatic carbocycles. The van der Waals surface area contributed by atoms with Crippen LogP contribution in [-0.2, 0) is 13.1 Å². The molecule has 0 unspecified atom stereocenters. The highest BCUT2D eigenvalue weighted by Gasteiger charge is 2.28. The van der Waals surface area contributed by atoms with E-state index in [0.717, 1.165) is 36.1 Å². The number of benzene rings is 2. The van der Waals surface area contributed by atoms with Crippen molar-refractivity contribution < 1.29 is 4.79 Å². The van der Waals surface area contributed by atoms with Crippen LogP contribution in [0.15, 0.2) is 66.9 Å². The van der Waals surface area contributed by atoms with Gasteiger partial charge in [-0.25, -0.2) is 4.68 Å². The number of rotatable bonds is 5. The minimum absolute atomic E-state index is 0.0386. The lowest BCUT2D eigenvalue weighted by Crippen LogP contribution is -2.48. The molecular formula is C26H26ClN5O. The quantitative estimate of drug-likeness (QED) is 0.444. The second kappa shape index (κ2) is 9.33. The first-order valence-corrected chi connectivity index (χ1v) is 11.6. The summed E-state index contributed by atoms with van der Waals surface area (Å²) >= 11 is 6.62. The summed E-state index contributed by atoms with van der Waals surface area (Å²) in [4.78, 5) is 22.1. The van der Waals surface area contributed by atoms with Gasteiger partial charge in [0.25, 0.3) is 5.91 Å². The lowest BCUT2D eigenvalue weighted by atomic mass is 10.1. The highest BCUT2D eigenvalue weighted by Crippen LogP contribution is 2.24. The number of halogens is 1. The van der Waals surface area contributed by atoms with E-state index in [-0.39, 0.29) is 5.91 Å². The summed E-state index contributed by atoms with van der Waals surface area (Å²) < 4.78 is 1.71. The number of piperazine rings is 1. The van der Waals surface area contributed by atoms with Crippen LogP contribution in [-0.4, -0.2) is 56.7 Å². The first-order chi connectivity index (χ1) is 16.1. The molecule has 1 saturated heterocycles. The normalized spacial score (nSPS) is 14.7. The van der Waals surface area contributed by atoms with Gasteiger partial charge in [-0.2, -0.15) is 5.10 Å². The molecule has 0 N–H and O–H groups in total. The minimum Gasteiger partial charge on any atom is -0.336 e. The van der Waals surface area contributed by atoms with Crippen molar-refractivity contribution in [2.45, 2.75) is 20.0 Å². The molecule has 7 heteroatoms. The van der Waals surface area contributed by atoms with Crippen LogP contribution in [0.5, 0.6) is 0 Å². The summed E-state index contributed by atoms with van der Waals surface area (Å²) in [5.41, 5.74) is 4.54. The molecule has 1 aliphatic heterocycles. The number of aryl methyl sites for hydroxylation is 1. The molecule has 1 amide bonds. The molecule has 0 saturated carbocycles. The van der Waals surface area contributed by atoms with E-state index in [1.807, 2.05) is 54.4 Å². The second-order valence-corrected chi connectivity index (χ2v) is 8.81. The van der Waals surface area contributed by atoms with Crippen LogP contribution in [0, 0.1) is 6.92 Å². The molecule has 4 aromatic rings. The molecule has 5 rings (SSSR count). The SMILES string of the molecule is Cc1nn(Cc2ccccc2)c(Cl)c1C(=O)N1CCN(Cc2cccc3cccnc23)CC1. The number of nitrogens with zero attached hydrogens (tertiary/aromatic N) is 5. The number of amides is 1. The molecule has 0 spiro atoms. The zero-order chi connectivity index (χ0) is 22.8. The summed E-state index contributed by atoms with van der Waals surface area (Å²) in [6.07, 6.45) is 1.84. The fourth-order valence-electron chi connectivity index (χ4n) is 4.46. The second-order valence-electron chi connectivity index (χ2n) is 8.46. The molecule has 3 heterocycles. The highest BCUT2D eigenvalue weighted by atomic mass is 35.5. The van der Waals surface area contributed by atoms with Gasteiger partial charge >= 0.3 is 0 Å². The lowest BCUT2D eigenvalue weighted by molar-refractivity contribution is 0.0628. The van der Waals surface area contributed by atoms with Crippen molar-refractivity contribution in [1.29, 1.82) is 0 Å². The lowest BCUT2D eigenvalue weighted by Gasteiger charge is -2.34. The van der Waals surface area contributed by atoms with Gasteiger partial charge in [0.15, 0.2) is 0 Å². The van der Waals surface area contributed by atoms with E-state index < -0.39 is 0 Å². The van der Waals surface area contributed by atoms with E-state index in [4.69, 9.17) is 11.6 Å². The Morgan fingerprint density at radius 1 is 0.939 bits per heavy atom. The molecule has 6 nitrogen and oxygen atoms in total. The number of hydrogen-bond donors (Lipinski definition) is 0. The number of aromatic nitrogens is 3. The molecule has 0 aliphatic carbocycles. The van der Waals surface area contributed by atoms with Gasteiger partial charge in [0.05, 0.1) is 23.3 Å². The molecule has 0 radical (unpaired) electrons. The van der Waals surface area contributed by atoms with Crippen LogP contribution in [0.3, 0.4) is 0 Å². The van der Waals surface area contributed by atoms with Crippen LogP contribution in [0.2, 0.25) is 5.15 Å². The Labute approximate surface area is 198 Å². The Bertz CT molecular complexity index is 1270. The van der Waals surface area contributed by atoms with Crippen molar-refractivity contribution in [3.63, 3.8) is 0 Å². The summed E-state index contributed by atoms with van der Waals surface area (Å²) in [6, 6.07) is 20.4. The van der Waals surface area contributed by atoms with Gasteiger partial charge in [0.2, 0.25) is 0 Å². The largest absolute Gasteiger partial charge is 0.336 e. The van der Waals surface area contributed by atoms with E-state index in [1.165, 1.54) is 5.56 Å². The van der Waals surface area contributed by atoms with Crippen LogP contribution < -0.4 is 0 Å². The highest BCUT2D eigenvalue weighted by molar-refractivity contribution is 6.33. The maximum Gasteiger partial charge on any atom is 0.258 e. The van der Waals surface area contributed by atoms with Crippen molar-refractivity contribution >= 4 is 28.4 Å².